The first-order valence-electron chi connectivity index (χ1n) is 9.44. The molecule has 5 rings (SSSR count). The molecule has 152 valence electrons. The molecule has 1 amide bonds. The van der Waals surface area contributed by atoms with E-state index in [1.54, 1.807) is 36.4 Å². The zero-order valence-corrected chi connectivity index (χ0v) is 17.7. The minimum Gasteiger partial charge on any atom is -0.457 e. The number of carbonyl (C=O) groups is 3. The van der Waals surface area contributed by atoms with E-state index in [4.69, 9.17) is 27.9 Å². The second-order valence-corrected chi connectivity index (χ2v) is 8.29. The highest BCUT2D eigenvalue weighted by atomic mass is 35.5. The van der Waals surface area contributed by atoms with Crippen LogP contribution in [-0.2, 0) is 11.2 Å². The molecule has 0 fully saturated rings. The predicted molar refractivity (Wildman–Crippen MR) is 114 cm³/mol. The SMILES string of the molecule is CC(=O)N1c2c(Cl)cccc2C(=O)C12CCc1c(c3cccc(Cl)c3n1C(C)=O)O2. The number of rotatable bonds is 0. The summed E-state index contributed by atoms with van der Waals surface area (Å²) in [5, 5.41) is 1.32. The Morgan fingerprint density at radius 3 is 2.43 bits per heavy atom. The van der Waals surface area contributed by atoms with Crippen LogP contribution in [0.4, 0.5) is 5.69 Å². The van der Waals surface area contributed by atoms with E-state index in [0.29, 0.717) is 50.1 Å². The van der Waals surface area contributed by atoms with Crippen molar-refractivity contribution in [2.75, 3.05) is 4.90 Å². The number of carbonyl (C=O) groups excluding carboxylic acids is 3. The van der Waals surface area contributed by atoms with Crippen molar-refractivity contribution >= 4 is 57.4 Å². The van der Waals surface area contributed by atoms with E-state index in [2.05, 4.69) is 0 Å². The third-order valence-corrected chi connectivity index (χ3v) is 6.37. The van der Waals surface area contributed by atoms with Gasteiger partial charge >= 0.3 is 0 Å². The molecule has 1 spiro atoms. The number of amides is 1. The van der Waals surface area contributed by atoms with Gasteiger partial charge in [0.25, 0.3) is 5.72 Å². The first kappa shape index (κ1) is 19.2. The van der Waals surface area contributed by atoms with Gasteiger partial charge in [0.05, 0.1) is 26.9 Å². The van der Waals surface area contributed by atoms with Crippen LogP contribution in [0.5, 0.6) is 5.75 Å². The monoisotopic (exact) mass is 442 g/mol. The van der Waals surface area contributed by atoms with Crippen LogP contribution in [0.1, 0.15) is 41.1 Å². The van der Waals surface area contributed by atoms with Crippen molar-refractivity contribution in [3.05, 3.63) is 57.7 Å². The molecule has 3 aromatic rings. The number of ketones is 1. The number of fused-ring (bicyclic) bond motifs is 4. The zero-order chi connectivity index (χ0) is 21.4. The number of para-hydroxylation sites is 2. The highest BCUT2D eigenvalue weighted by Gasteiger charge is 2.58. The van der Waals surface area contributed by atoms with Crippen LogP contribution in [0, 0.1) is 0 Å². The molecule has 1 atom stereocenters. The van der Waals surface area contributed by atoms with Gasteiger partial charge in [-0.3, -0.25) is 23.9 Å². The Hall–Kier alpha value is -2.83. The van der Waals surface area contributed by atoms with Crippen molar-refractivity contribution < 1.29 is 19.1 Å². The highest BCUT2D eigenvalue weighted by molar-refractivity contribution is 6.37. The van der Waals surface area contributed by atoms with E-state index < -0.39 is 5.72 Å². The van der Waals surface area contributed by atoms with Gasteiger partial charge in [-0.15, -0.1) is 0 Å². The van der Waals surface area contributed by atoms with Gasteiger partial charge in [-0.25, -0.2) is 0 Å². The van der Waals surface area contributed by atoms with Gasteiger partial charge in [0.15, 0.2) is 5.75 Å². The summed E-state index contributed by atoms with van der Waals surface area (Å²) in [6.45, 7) is 2.83. The van der Waals surface area contributed by atoms with E-state index in [9.17, 15) is 14.4 Å². The number of halogens is 2. The van der Waals surface area contributed by atoms with Gasteiger partial charge in [0.1, 0.15) is 0 Å². The van der Waals surface area contributed by atoms with Crippen LogP contribution >= 0.6 is 23.2 Å². The normalized spacial score (nSPS) is 19.7. The molecule has 2 aliphatic rings. The Labute approximate surface area is 181 Å². The Morgan fingerprint density at radius 2 is 1.73 bits per heavy atom. The molecule has 30 heavy (non-hydrogen) atoms. The van der Waals surface area contributed by atoms with Crippen LogP contribution < -0.4 is 9.64 Å². The van der Waals surface area contributed by atoms with Gasteiger partial charge in [0, 0.05) is 31.2 Å². The standard InChI is InChI=1S/C22H16Cl2N2O4/c1-11(27)25-17-9-10-22(30-20(17)13-5-3-7-15(23)18(13)25)21(29)14-6-4-8-16(24)19(14)26(22)12(2)28/h3-8H,9-10H2,1-2H3. The van der Waals surface area contributed by atoms with Crippen LogP contribution in [0.25, 0.3) is 10.9 Å². The molecule has 0 radical (unpaired) electrons. The summed E-state index contributed by atoms with van der Waals surface area (Å²) in [6, 6.07) is 10.2. The van der Waals surface area contributed by atoms with E-state index in [-0.39, 0.29) is 24.0 Å². The minimum absolute atomic E-state index is 0.185. The lowest BCUT2D eigenvalue weighted by molar-refractivity contribution is -0.119. The third kappa shape index (κ3) is 2.29. The minimum atomic E-state index is -1.55. The lowest BCUT2D eigenvalue weighted by atomic mass is 9.95. The summed E-state index contributed by atoms with van der Waals surface area (Å²) in [4.78, 5) is 40.0. The Morgan fingerprint density at radius 1 is 1.03 bits per heavy atom. The summed E-state index contributed by atoms with van der Waals surface area (Å²) >= 11 is 12.8. The van der Waals surface area contributed by atoms with E-state index >= 15 is 0 Å². The molecule has 2 aromatic carbocycles. The van der Waals surface area contributed by atoms with Crippen molar-refractivity contribution in [1.29, 1.82) is 0 Å². The summed E-state index contributed by atoms with van der Waals surface area (Å²) in [5.74, 6) is -0.502. The molecular weight excluding hydrogens is 427 g/mol. The number of hydrogen-bond acceptors (Lipinski definition) is 4. The predicted octanol–water partition coefficient (Wildman–Crippen LogP) is 4.88. The maximum Gasteiger partial charge on any atom is 0.253 e. The van der Waals surface area contributed by atoms with E-state index in [1.807, 2.05) is 0 Å². The summed E-state index contributed by atoms with van der Waals surface area (Å²) in [7, 11) is 0. The molecule has 1 aromatic heterocycles. The fraction of sp³-hybridized carbons (Fsp3) is 0.227. The van der Waals surface area contributed by atoms with Crippen molar-refractivity contribution in [1.82, 2.24) is 4.57 Å². The number of hydrogen-bond donors (Lipinski definition) is 0. The first-order valence-corrected chi connectivity index (χ1v) is 10.2. The molecule has 6 nitrogen and oxygen atoms in total. The Kier molecular flexibility index (Phi) is 4.04. The van der Waals surface area contributed by atoms with Crippen LogP contribution in [-0.4, -0.2) is 27.9 Å². The average molecular weight is 443 g/mol. The van der Waals surface area contributed by atoms with E-state index in [0.717, 1.165) is 0 Å². The summed E-state index contributed by atoms with van der Waals surface area (Å²) in [6.07, 6.45) is 0.533. The van der Waals surface area contributed by atoms with Crippen LogP contribution in [0.3, 0.4) is 0 Å². The van der Waals surface area contributed by atoms with Crippen LogP contribution in [0.2, 0.25) is 10.0 Å². The summed E-state index contributed by atoms with van der Waals surface area (Å²) in [5.41, 5.74) is 0.311. The molecule has 0 saturated carbocycles. The molecular formula is C22H16Cl2N2O4. The fourth-order valence-electron chi connectivity index (χ4n) is 4.66. The number of anilines is 1. The second kappa shape index (κ2) is 6.33. The lowest BCUT2D eigenvalue weighted by Gasteiger charge is -2.39. The topological polar surface area (TPSA) is 68.6 Å². The van der Waals surface area contributed by atoms with Crippen molar-refractivity contribution in [2.24, 2.45) is 0 Å². The largest absolute Gasteiger partial charge is 0.457 e. The third-order valence-electron chi connectivity index (χ3n) is 5.76. The lowest BCUT2D eigenvalue weighted by Crippen LogP contribution is -2.58. The number of ether oxygens (including phenoxy) is 1. The summed E-state index contributed by atoms with van der Waals surface area (Å²) < 4.78 is 7.89. The maximum atomic E-state index is 13.5. The van der Waals surface area contributed by atoms with Gasteiger partial charge in [-0.2, -0.15) is 0 Å². The molecule has 2 aliphatic heterocycles. The zero-order valence-electron chi connectivity index (χ0n) is 16.2. The molecule has 8 heteroatoms. The molecule has 0 bridgehead atoms. The number of aromatic nitrogens is 1. The molecule has 0 saturated heterocycles. The van der Waals surface area contributed by atoms with Crippen LogP contribution in [0.15, 0.2) is 36.4 Å². The molecule has 1 unspecified atom stereocenters. The van der Waals surface area contributed by atoms with Gasteiger partial charge < -0.3 is 4.74 Å². The quantitative estimate of drug-likeness (QED) is 0.497. The number of benzene rings is 2. The first-order chi connectivity index (χ1) is 14.3. The van der Waals surface area contributed by atoms with Gasteiger partial charge in [0.2, 0.25) is 17.6 Å². The number of Topliss-reactive ketones (excluding diaryl/α,β-unsaturated/α-hetero) is 1. The smallest absolute Gasteiger partial charge is 0.253 e. The average Bonchev–Trinajstić information content (AvgIpc) is 3.15. The highest BCUT2D eigenvalue weighted by Crippen LogP contribution is 2.51. The second-order valence-electron chi connectivity index (χ2n) is 7.47. The molecule has 3 heterocycles. The van der Waals surface area contributed by atoms with Crippen molar-refractivity contribution in [3.63, 3.8) is 0 Å². The van der Waals surface area contributed by atoms with Gasteiger partial charge in [-0.1, -0.05) is 35.3 Å². The molecule has 0 N–H and O–H groups in total. The number of nitrogens with zero attached hydrogens (tertiary/aromatic N) is 2. The van der Waals surface area contributed by atoms with E-state index in [1.165, 1.54) is 23.3 Å². The van der Waals surface area contributed by atoms with Gasteiger partial charge in [-0.05, 0) is 30.7 Å². The fourth-order valence-corrected chi connectivity index (χ4v) is 5.18. The molecule has 0 aliphatic carbocycles. The Balaban J connectivity index is 1.78. The maximum absolute atomic E-state index is 13.5. The Bertz CT molecular complexity index is 1300. The van der Waals surface area contributed by atoms with Crippen molar-refractivity contribution in [3.8, 4) is 5.75 Å². The van der Waals surface area contributed by atoms with Crippen molar-refractivity contribution in [2.45, 2.75) is 32.4 Å².